The molecule has 0 saturated carbocycles. The van der Waals surface area contributed by atoms with E-state index in [0.29, 0.717) is 12.0 Å². The fraction of sp³-hybridized carbons (Fsp3) is 1.00. The van der Waals surface area contributed by atoms with Gasteiger partial charge in [0.1, 0.15) is 0 Å². The standard InChI is InChI=1S/C14H28N2O/c1-3-6-15-14-11-17-10-13(14)9-16-7-4-12(2)5-8-16/h12-15H,3-11H2,1-2H3. The first-order chi connectivity index (χ1) is 8.29. The van der Waals surface area contributed by atoms with Gasteiger partial charge in [0.2, 0.25) is 0 Å². The van der Waals surface area contributed by atoms with Gasteiger partial charge in [0.05, 0.1) is 13.2 Å². The summed E-state index contributed by atoms with van der Waals surface area (Å²) in [7, 11) is 0. The Morgan fingerprint density at radius 3 is 2.71 bits per heavy atom. The Balaban J connectivity index is 1.73. The summed E-state index contributed by atoms with van der Waals surface area (Å²) in [5, 5.41) is 3.63. The third-order valence-corrected chi connectivity index (χ3v) is 4.22. The Kier molecular flexibility index (Phi) is 5.26. The van der Waals surface area contributed by atoms with Gasteiger partial charge in [-0.1, -0.05) is 13.8 Å². The summed E-state index contributed by atoms with van der Waals surface area (Å²) < 4.78 is 5.64. The average Bonchev–Trinajstić information content (AvgIpc) is 2.77. The van der Waals surface area contributed by atoms with E-state index in [1.807, 2.05) is 0 Å². The van der Waals surface area contributed by atoms with Crippen molar-refractivity contribution in [2.75, 3.05) is 39.4 Å². The Labute approximate surface area is 106 Å². The summed E-state index contributed by atoms with van der Waals surface area (Å²) in [4.78, 5) is 2.64. The third kappa shape index (κ3) is 3.94. The van der Waals surface area contributed by atoms with E-state index < -0.39 is 0 Å². The van der Waals surface area contributed by atoms with Crippen molar-refractivity contribution in [1.29, 1.82) is 0 Å². The van der Waals surface area contributed by atoms with Gasteiger partial charge in [-0.3, -0.25) is 0 Å². The second kappa shape index (κ2) is 6.72. The van der Waals surface area contributed by atoms with Gasteiger partial charge >= 0.3 is 0 Å². The van der Waals surface area contributed by atoms with E-state index in [1.165, 1.54) is 38.9 Å². The molecule has 0 amide bonds. The molecule has 0 aromatic rings. The smallest absolute Gasteiger partial charge is 0.0623 e. The molecule has 2 aliphatic heterocycles. The van der Waals surface area contributed by atoms with Crippen LogP contribution in [0.25, 0.3) is 0 Å². The van der Waals surface area contributed by atoms with Crippen molar-refractivity contribution in [3.63, 3.8) is 0 Å². The third-order valence-electron chi connectivity index (χ3n) is 4.22. The van der Waals surface area contributed by atoms with Crippen LogP contribution in [-0.2, 0) is 4.74 Å². The van der Waals surface area contributed by atoms with Crippen molar-refractivity contribution >= 4 is 0 Å². The number of rotatable bonds is 5. The molecule has 2 fully saturated rings. The van der Waals surface area contributed by atoms with Crippen LogP contribution in [0.5, 0.6) is 0 Å². The number of ether oxygens (including phenoxy) is 1. The molecule has 0 spiro atoms. The maximum atomic E-state index is 5.64. The normalized spacial score (nSPS) is 32.1. The minimum atomic E-state index is 0.592. The van der Waals surface area contributed by atoms with Crippen LogP contribution in [0, 0.1) is 11.8 Å². The molecule has 0 radical (unpaired) electrons. The predicted molar refractivity (Wildman–Crippen MR) is 71.2 cm³/mol. The molecule has 2 heterocycles. The van der Waals surface area contributed by atoms with E-state index in [-0.39, 0.29) is 0 Å². The molecule has 2 aliphatic rings. The van der Waals surface area contributed by atoms with E-state index in [2.05, 4.69) is 24.1 Å². The Morgan fingerprint density at radius 2 is 2.00 bits per heavy atom. The van der Waals surface area contributed by atoms with E-state index in [1.54, 1.807) is 0 Å². The van der Waals surface area contributed by atoms with Gasteiger partial charge in [-0.05, 0) is 44.8 Å². The van der Waals surface area contributed by atoms with Crippen LogP contribution in [-0.4, -0.2) is 50.3 Å². The maximum Gasteiger partial charge on any atom is 0.0623 e. The van der Waals surface area contributed by atoms with Gasteiger partial charge in [-0.2, -0.15) is 0 Å². The first kappa shape index (κ1) is 13.3. The summed E-state index contributed by atoms with van der Waals surface area (Å²) in [6.07, 6.45) is 3.96. The lowest BCUT2D eigenvalue weighted by Gasteiger charge is -2.33. The second-order valence-electron chi connectivity index (χ2n) is 5.84. The van der Waals surface area contributed by atoms with E-state index >= 15 is 0 Å². The molecule has 3 heteroatoms. The largest absolute Gasteiger partial charge is 0.379 e. The lowest BCUT2D eigenvalue weighted by Crippen LogP contribution is -2.44. The zero-order chi connectivity index (χ0) is 12.1. The van der Waals surface area contributed by atoms with E-state index in [4.69, 9.17) is 4.74 Å². The highest BCUT2D eigenvalue weighted by molar-refractivity contribution is 4.84. The zero-order valence-corrected chi connectivity index (χ0v) is 11.5. The van der Waals surface area contributed by atoms with Crippen molar-refractivity contribution in [2.24, 2.45) is 11.8 Å². The fourth-order valence-electron chi connectivity index (χ4n) is 2.91. The molecule has 17 heavy (non-hydrogen) atoms. The molecule has 2 unspecified atom stereocenters. The average molecular weight is 240 g/mol. The molecule has 1 N–H and O–H groups in total. The van der Waals surface area contributed by atoms with Crippen molar-refractivity contribution in [1.82, 2.24) is 10.2 Å². The highest BCUT2D eigenvalue weighted by Gasteiger charge is 2.30. The summed E-state index contributed by atoms with van der Waals surface area (Å²) in [6.45, 7) is 11.4. The van der Waals surface area contributed by atoms with Crippen molar-refractivity contribution in [2.45, 2.75) is 39.2 Å². The van der Waals surface area contributed by atoms with Crippen LogP contribution in [0.3, 0.4) is 0 Å². The summed E-state index contributed by atoms with van der Waals surface area (Å²) >= 11 is 0. The molecule has 2 rings (SSSR count). The van der Waals surface area contributed by atoms with Crippen molar-refractivity contribution < 1.29 is 4.74 Å². The van der Waals surface area contributed by atoms with Crippen LogP contribution >= 0.6 is 0 Å². The molecule has 0 aliphatic carbocycles. The van der Waals surface area contributed by atoms with Crippen LogP contribution in [0.15, 0.2) is 0 Å². The molecule has 2 atom stereocenters. The Bertz CT molecular complexity index is 214. The van der Waals surface area contributed by atoms with Crippen LogP contribution < -0.4 is 5.32 Å². The molecule has 100 valence electrons. The number of likely N-dealkylation sites (tertiary alicyclic amines) is 1. The molecule has 0 aromatic carbocycles. The van der Waals surface area contributed by atoms with Crippen LogP contribution in [0.4, 0.5) is 0 Å². The minimum Gasteiger partial charge on any atom is -0.379 e. The van der Waals surface area contributed by atoms with Gasteiger partial charge in [-0.15, -0.1) is 0 Å². The molecule has 2 saturated heterocycles. The van der Waals surface area contributed by atoms with Crippen LogP contribution in [0.1, 0.15) is 33.1 Å². The van der Waals surface area contributed by atoms with E-state index in [0.717, 1.165) is 25.7 Å². The number of hydrogen-bond acceptors (Lipinski definition) is 3. The quantitative estimate of drug-likeness (QED) is 0.792. The molecule has 0 bridgehead atoms. The Morgan fingerprint density at radius 1 is 1.24 bits per heavy atom. The first-order valence-corrected chi connectivity index (χ1v) is 7.33. The summed E-state index contributed by atoms with van der Waals surface area (Å²) in [6, 6.07) is 0.592. The zero-order valence-electron chi connectivity index (χ0n) is 11.5. The summed E-state index contributed by atoms with van der Waals surface area (Å²) in [5.74, 6) is 1.63. The monoisotopic (exact) mass is 240 g/mol. The lowest BCUT2D eigenvalue weighted by molar-refractivity contribution is 0.143. The van der Waals surface area contributed by atoms with Crippen molar-refractivity contribution in [3.8, 4) is 0 Å². The minimum absolute atomic E-state index is 0.592. The lowest BCUT2D eigenvalue weighted by atomic mass is 9.96. The molecule has 3 nitrogen and oxygen atoms in total. The number of nitrogens with one attached hydrogen (secondary N) is 1. The number of hydrogen-bond donors (Lipinski definition) is 1. The molecular formula is C14H28N2O. The SMILES string of the molecule is CCCNC1COCC1CN1CCC(C)CC1. The van der Waals surface area contributed by atoms with Gasteiger partial charge in [0.15, 0.2) is 0 Å². The molecular weight excluding hydrogens is 212 g/mol. The van der Waals surface area contributed by atoms with Gasteiger partial charge < -0.3 is 15.0 Å². The van der Waals surface area contributed by atoms with Gasteiger partial charge in [-0.25, -0.2) is 0 Å². The first-order valence-electron chi connectivity index (χ1n) is 7.33. The topological polar surface area (TPSA) is 24.5 Å². The van der Waals surface area contributed by atoms with E-state index in [9.17, 15) is 0 Å². The van der Waals surface area contributed by atoms with Gasteiger partial charge in [0.25, 0.3) is 0 Å². The predicted octanol–water partition coefficient (Wildman–Crippen LogP) is 1.73. The van der Waals surface area contributed by atoms with Gasteiger partial charge in [0, 0.05) is 18.5 Å². The highest BCUT2D eigenvalue weighted by atomic mass is 16.5. The summed E-state index contributed by atoms with van der Waals surface area (Å²) in [5.41, 5.74) is 0. The fourth-order valence-corrected chi connectivity index (χ4v) is 2.91. The Hall–Kier alpha value is -0.120. The van der Waals surface area contributed by atoms with Crippen molar-refractivity contribution in [3.05, 3.63) is 0 Å². The van der Waals surface area contributed by atoms with Crippen LogP contribution in [0.2, 0.25) is 0 Å². The second-order valence-corrected chi connectivity index (χ2v) is 5.84. The number of nitrogens with zero attached hydrogens (tertiary/aromatic N) is 1. The number of piperidine rings is 1. The highest BCUT2D eigenvalue weighted by Crippen LogP contribution is 2.20. The molecule has 0 aromatic heterocycles. The maximum absolute atomic E-state index is 5.64.